The maximum atomic E-state index is 13.8. The number of carbonyl (C=O) groups is 2. The molecule has 1 aliphatic carbocycles. The molecule has 0 aromatic carbocycles. The molecule has 1 unspecified atom stereocenters. The van der Waals surface area contributed by atoms with E-state index in [1.807, 2.05) is 23.1 Å². The van der Waals surface area contributed by atoms with Crippen molar-refractivity contribution < 1.29 is 9.59 Å². The number of fused-ring (bicyclic) bond motifs is 1. The number of nitrogens with one attached hydrogen (secondary N) is 3. The monoisotopic (exact) mass is 462 g/mol. The standard InChI is InChI=1S/C24H30N8O2/c33-21-24(8-9-26-21)14-16-15-27-23(30-20(16)32(22(24)34)17-4-1-2-5-17)29-18-6-3-7-19(28-18)31-12-10-25-11-13-31/h3,6-7,15,17,25H,1-2,4-5,8-14H2,(H,26,33)(H,27,28,29,30). The van der Waals surface area contributed by atoms with Gasteiger partial charge in [-0.25, -0.2) is 9.97 Å². The van der Waals surface area contributed by atoms with E-state index in [4.69, 9.17) is 9.97 Å². The average molecular weight is 463 g/mol. The number of hydrogen-bond acceptors (Lipinski definition) is 8. The molecule has 0 radical (unpaired) electrons. The molecule has 2 saturated heterocycles. The second-order valence-electron chi connectivity index (χ2n) is 9.66. The van der Waals surface area contributed by atoms with Gasteiger partial charge in [0.2, 0.25) is 17.8 Å². The summed E-state index contributed by atoms with van der Waals surface area (Å²) in [5.41, 5.74) is -0.163. The van der Waals surface area contributed by atoms with Crippen LogP contribution in [0.3, 0.4) is 0 Å². The number of pyridine rings is 1. The van der Waals surface area contributed by atoms with Gasteiger partial charge in [-0.15, -0.1) is 0 Å². The van der Waals surface area contributed by atoms with Gasteiger partial charge < -0.3 is 20.9 Å². The lowest BCUT2D eigenvalue weighted by atomic mass is 9.76. The molecule has 1 saturated carbocycles. The lowest BCUT2D eigenvalue weighted by molar-refractivity contribution is -0.140. The second-order valence-corrected chi connectivity index (χ2v) is 9.66. The zero-order valence-electron chi connectivity index (χ0n) is 19.2. The molecular weight excluding hydrogens is 432 g/mol. The van der Waals surface area contributed by atoms with E-state index in [0.717, 1.165) is 63.2 Å². The number of nitrogens with zero attached hydrogens (tertiary/aromatic N) is 5. The fraction of sp³-hybridized carbons (Fsp3) is 0.542. The average Bonchev–Trinajstić information content (AvgIpc) is 3.52. The Bertz CT molecular complexity index is 1110. The van der Waals surface area contributed by atoms with Crippen LogP contribution in [-0.2, 0) is 16.0 Å². The van der Waals surface area contributed by atoms with Crippen molar-refractivity contribution in [3.8, 4) is 0 Å². The Balaban J connectivity index is 1.32. The molecule has 2 amide bonds. The second kappa shape index (κ2) is 8.50. The molecular formula is C24H30N8O2. The Hall–Kier alpha value is -3.27. The highest BCUT2D eigenvalue weighted by molar-refractivity contribution is 6.14. The van der Waals surface area contributed by atoms with Crippen LogP contribution in [0, 0.1) is 5.41 Å². The van der Waals surface area contributed by atoms with Gasteiger partial charge in [0.1, 0.15) is 22.9 Å². The van der Waals surface area contributed by atoms with Crippen molar-refractivity contribution in [1.29, 1.82) is 0 Å². The Kier molecular flexibility index (Phi) is 5.32. The van der Waals surface area contributed by atoms with Crippen LogP contribution in [-0.4, -0.2) is 65.5 Å². The summed E-state index contributed by atoms with van der Waals surface area (Å²) < 4.78 is 0. The van der Waals surface area contributed by atoms with Crippen molar-refractivity contribution in [2.24, 2.45) is 5.41 Å². The van der Waals surface area contributed by atoms with Gasteiger partial charge >= 0.3 is 0 Å². The van der Waals surface area contributed by atoms with Crippen LogP contribution in [0.5, 0.6) is 0 Å². The zero-order valence-corrected chi connectivity index (χ0v) is 19.2. The highest BCUT2D eigenvalue weighted by atomic mass is 16.2. The third-order valence-corrected chi connectivity index (χ3v) is 7.57. The highest BCUT2D eigenvalue weighted by Gasteiger charge is 2.56. The number of anilines is 4. The quantitative estimate of drug-likeness (QED) is 0.584. The minimum absolute atomic E-state index is 0.0775. The zero-order chi connectivity index (χ0) is 23.1. The molecule has 6 rings (SSSR count). The lowest BCUT2D eigenvalue weighted by Crippen LogP contribution is -2.56. The summed E-state index contributed by atoms with van der Waals surface area (Å²) in [6.45, 7) is 4.25. The molecule has 10 nitrogen and oxygen atoms in total. The van der Waals surface area contributed by atoms with E-state index in [-0.39, 0.29) is 17.9 Å². The first-order valence-electron chi connectivity index (χ1n) is 12.3. The molecule has 3 N–H and O–H groups in total. The van der Waals surface area contributed by atoms with Gasteiger partial charge in [0.15, 0.2) is 0 Å². The summed E-state index contributed by atoms with van der Waals surface area (Å²) in [7, 11) is 0. The van der Waals surface area contributed by atoms with Crippen molar-refractivity contribution in [3.05, 3.63) is 30.0 Å². The molecule has 2 aromatic rings. The summed E-state index contributed by atoms with van der Waals surface area (Å²) in [6, 6.07) is 5.96. The van der Waals surface area contributed by atoms with Gasteiger partial charge in [0, 0.05) is 56.9 Å². The van der Waals surface area contributed by atoms with E-state index in [1.165, 1.54) is 0 Å². The maximum Gasteiger partial charge on any atom is 0.244 e. The van der Waals surface area contributed by atoms with Gasteiger partial charge in [-0.3, -0.25) is 14.5 Å². The summed E-state index contributed by atoms with van der Waals surface area (Å²) in [5, 5.41) is 9.47. The molecule has 10 heteroatoms. The number of rotatable bonds is 4. The molecule has 1 spiro atoms. The fourth-order valence-electron chi connectivity index (χ4n) is 5.74. The van der Waals surface area contributed by atoms with E-state index in [0.29, 0.717) is 37.0 Å². The molecule has 3 aliphatic heterocycles. The van der Waals surface area contributed by atoms with Gasteiger partial charge in [-0.1, -0.05) is 18.9 Å². The number of aromatic nitrogens is 3. The molecule has 34 heavy (non-hydrogen) atoms. The summed E-state index contributed by atoms with van der Waals surface area (Å²) in [5.74, 6) is 2.36. The third kappa shape index (κ3) is 3.56. The molecule has 0 bridgehead atoms. The predicted molar refractivity (Wildman–Crippen MR) is 128 cm³/mol. The Labute approximate surface area is 198 Å². The minimum atomic E-state index is -1.02. The van der Waals surface area contributed by atoms with Crippen LogP contribution in [0.4, 0.5) is 23.4 Å². The molecule has 178 valence electrons. The summed E-state index contributed by atoms with van der Waals surface area (Å²) in [6.07, 6.45) is 6.69. The molecule has 5 heterocycles. The van der Waals surface area contributed by atoms with Crippen LogP contribution >= 0.6 is 0 Å². The highest BCUT2D eigenvalue weighted by Crippen LogP contribution is 2.44. The number of piperazine rings is 1. The van der Waals surface area contributed by atoms with Crippen LogP contribution < -0.4 is 25.8 Å². The Morgan fingerprint density at radius 2 is 1.88 bits per heavy atom. The van der Waals surface area contributed by atoms with Gasteiger partial charge in [-0.2, -0.15) is 4.98 Å². The van der Waals surface area contributed by atoms with Crippen molar-refractivity contribution in [1.82, 2.24) is 25.6 Å². The van der Waals surface area contributed by atoms with Crippen LogP contribution in [0.15, 0.2) is 24.4 Å². The first kappa shape index (κ1) is 21.3. The van der Waals surface area contributed by atoms with E-state index < -0.39 is 5.41 Å². The van der Waals surface area contributed by atoms with Crippen LogP contribution in [0.25, 0.3) is 0 Å². The molecule has 1 atom stereocenters. The van der Waals surface area contributed by atoms with Crippen molar-refractivity contribution in [3.63, 3.8) is 0 Å². The SMILES string of the molecule is O=C1NCCC12Cc1cnc(Nc3cccc(N4CCNCC4)n3)nc1N(C1CCCC1)C2=O. The first-order chi connectivity index (χ1) is 16.6. The van der Waals surface area contributed by atoms with E-state index in [2.05, 4.69) is 25.8 Å². The van der Waals surface area contributed by atoms with Crippen molar-refractivity contribution in [2.75, 3.05) is 47.8 Å². The number of carbonyl (C=O) groups excluding carboxylic acids is 2. The number of amides is 2. The van der Waals surface area contributed by atoms with Crippen molar-refractivity contribution in [2.45, 2.75) is 44.6 Å². The van der Waals surface area contributed by atoms with Crippen LogP contribution in [0.1, 0.15) is 37.7 Å². The smallest absolute Gasteiger partial charge is 0.244 e. The minimum Gasteiger partial charge on any atom is -0.355 e. The van der Waals surface area contributed by atoms with Crippen LogP contribution in [0.2, 0.25) is 0 Å². The largest absolute Gasteiger partial charge is 0.355 e. The molecule has 2 aromatic heterocycles. The van der Waals surface area contributed by atoms with E-state index in [1.54, 1.807) is 6.20 Å². The molecule has 4 aliphatic rings. The van der Waals surface area contributed by atoms with Gasteiger partial charge in [0.05, 0.1) is 0 Å². The van der Waals surface area contributed by atoms with E-state index in [9.17, 15) is 9.59 Å². The number of hydrogen-bond donors (Lipinski definition) is 3. The Morgan fingerprint density at radius 3 is 2.65 bits per heavy atom. The third-order valence-electron chi connectivity index (χ3n) is 7.57. The summed E-state index contributed by atoms with van der Waals surface area (Å²) in [4.78, 5) is 44.7. The van der Waals surface area contributed by atoms with Crippen molar-refractivity contribution >= 4 is 35.2 Å². The first-order valence-corrected chi connectivity index (χ1v) is 12.3. The normalized spacial score (nSPS) is 25.1. The van der Waals surface area contributed by atoms with Gasteiger partial charge in [0.25, 0.3) is 0 Å². The van der Waals surface area contributed by atoms with E-state index >= 15 is 0 Å². The fourth-order valence-corrected chi connectivity index (χ4v) is 5.74. The lowest BCUT2D eigenvalue weighted by Gasteiger charge is -2.40. The topological polar surface area (TPSA) is 115 Å². The predicted octanol–water partition coefficient (Wildman–Crippen LogP) is 1.36. The maximum absolute atomic E-state index is 13.8. The molecule has 3 fully saturated rings. The summed E-state index contributed by atoms with van der Waals surface area (Å²) >= 11 is 0. The van der Waals surface area contributed by atoms with Gasteiger partial charge in [-0.05, 0) is 31.4 Å². The Morgan fingerprint density at radius 1 is 1.06 bits per heavy atom.